The lowest BCUT2D eigenvalue weighted by atomic mass is 10.0. The maximum Gasteiger partial charge on any atom is 0.156 e. The van der Waals surface area contributed by atoms with E-state index < -0.39 is 12.6 Å². The SMILES string of the molecule is C=CCOC(O)CCN(CCCCCCCCCCCCCCCCCC)CCC(O)OCC=C. The molecule has 0 saturated carbocycles. The summed E-state index contributed by atoms with van der Waals surface area (Å²) in [6.07, 6.45) is 24.7. The fraction of sp³-hybridized carbons (Fsp3) is 0.867. The first-order valence-corrected chi connectivity index (χ1v) is 14.7. The summed E-state index contributed by atoms with van der Waals surface area (Å²) >= 11 is 0. The van der Waals surface area contributed by atoms with Gasteiger partial charge in [0, 0.05) is 25.9 Å². The van der Waals surface area contributed by atoms with Gasteiger partial charge < -0.3 is 24.6 Å². The van der Waals surface area contributed by atoms with Gasteiger partial charge in [-0.2, -0.15) is 0 Å². The van der Waals surface area contributed by atoms with Gasteiger partial charge in [-0.1, -0.05) is 115 Å². The minimum Gasteiger partial charge on any atom is -0.368 e. The van der Waals surface area contributed by atoms with Gasteiger partial charge in [0.1, 0.15) is 0 Å². The van der Waals surface area contributed by atoms with Crippen molar-refractivity contribution in [1.29, 1.82) is 0 Å². The van der Waals surface area contributed by atoms with Gasteiger partial charge in [0.05, 0.1) is 13.2 Å². The molecule has 0 fully saturated rings. The van der Waals surface area contributed by atoms with Gasteiger partial charge in [-0.3, -0.25) is 0 Å². The lowest BCUT2D eigenvalue weighted by Crippen LogP contribution is -2.32. The van der Waals surface area contributed by atoms with E-state index in [4.69, 9.17) is 9.47 Å². The zero-order valence-electron chi connectivity index (χ0n) is 23.1. The molecular formula is C30H59NO4. The molecule has 0 aromatic heterocycles. The van der Waals surface area contributed by atoms with E-state index in [1.807, 2.05) is 0 Å². The van der Waals surface area contributed by atoms with Crippen LogP contribution in [0.15, 0.2) is 25.3 Å². The molecule has 0 aliphatic rings. The van der Waals surface area contributed by atoms with Crippen molar-refractivity contribution in [2.45, 2.75) is 135 Å². The van der Waals surface area contributed by atoms with Crippen LogP contribution in [0.25, 0.3) is 0 Å². The van der Waals surface area contributed by atoms with Gasteiger partial charge in [-0.05, 0) is 13.0 Å². The van der Waals surface area contributed by atoms with Crippen molar-refractivity contribution in [1.82, 2.24) is 4.90 Å². The lowest BCUT2D eigenvalue weighted by molar-refractivity contribution is -0.103. The highest BCUT2D eigenvalue weighted by Gasteiger charge is 2.12. The first-order chi connectivity index (χ1) is 17.1. The number of nitrogens with zero attached hydrogens (tertiary/aromatic N) is 1. The number of ether oxygens (including phenoxy) is 2. The molecule has 0 radical (unpaired) electrons. The number of rotatable bonds is 29. The van der Waals surface area contributed by atoms with Gasteiger partial charge in [0.25, 0.3) is 0 Å². The van der Waals surface area contributed by atoms with E-state index in [2.05, 4.69) is 25.0 Å². The molecule has 2 atom stereocenters. The maximum absolute atomic E-state index is 9.95. The number of unbranched alkanes of at least 4 members (excludes halogenated alkanes) is 15. The molecule has 208 valence electrons. The third kappa shape index (κ3) is 26.2. The minimum atomic E-state index is -0.775. The van der Waals surface area contributed by atoms with Crippen LogP contribution in [0.1, 0.15) is 122 Å². The molecule has 5 heteroatoms. The predicted octanol–water partition coefficient (Wildman–Crippen LogP) is 7.37. The summed E-state index contributed by atoms with van der Waals surface area (Å²) in [5, 5.41) is 19.9. The standard InChI is InChI=1S/C30H59NO4/c1-4-7-8-9-10-11-12-13-14-15-16-17-18-19-20-21-24-31(25-22-29(32)34-27-5-2)26-23-30(33)35-28-6-3/h5-6,29-30,32-33H,2-4,7-28H2,1H3. The molecule has 0 amide bonds. The number of hydrogen-bond acceptors (Lipinski definition) is 5. The van der Waals surface area contributed by atoms with Crippen LogP contribution in [-0.2, 0) is 9.47 Å². The molecule has 0 aromatic carbocycles. The number of hydrogen-bond donors (Lipinski definition) is 2. The summed E-state index contributed by atoms with van der Waals surface area (Å²) in [4.78, 5) is 2.30. The van der Waals surface area contributed by atoms with Crippen molar-refractivity contribution in [3.05, 3.63) is 25.3 Å². The monoisotopic (exact) mass is 497 g/mol. The highest BCUT2D eigenvalue weighted by molar-refractivity contribution is 4.67. The first-order valence-electron chi connectivity index (χ1n) is 14.7. The molecule has 35 heavy (non-hydrogen) atoms. The van der Waals surface area contributed by atoms with E-state index in [1.54, 1.807) is 12.2 Å². The van der Waals surface area contributed by atoms with Crippen LogP contribution in [-0.4, -0.2) is 60.5 Å². The Bertz CT molecular complexity index is 424. The molecule has 0 aliphatic carbocycles. The summed E-state index contributed by atoms with van der Waals surface area (Å²) in [5.74, 6) is 0. The second-order valence-electron chi connectivity index (χ2n) is 9.88. The van der Waals surface area contributed by atoms with Crippen LogP contribution in [0.2, 0.25) is 0 Å². The quantitative estimate of drug-likeness (QED) is 0.0641. The minimum absolute atomic E-state index is 0.356. The Kier molecular flexibility index (Phi) is 27.3. The third-order valence-electron chi connectivity index (χ3n) is 6.53. The molecule has 2 N–H and O–H groups in total. The van der Waals surface area contributed by atoms with Crippen LogP contribution in [0.3, 0.4) is 0 Å². The van der Waals surface area contributed by atoms with E-state index in [9.17, 15) is 10.2 Å². The molecule has 2 unspecified atom stereocenters. The largest absolute Gasteiger partial charge is 0.368 e. The normalized spacial score (nSPS) is 13.3. The van der Waals surface area contributed by atoms with E-state index in [1.165, 1.54) is 96.3 Å². The smallest absolute Gasteiger partial charge is 0.156 e. The highest BCUT2D eigenvalue weighted by Crippen LogP contribution is 2.14. The zero-order valence-corrected chi connectivity index (χ0v) is 23.1. The van der Waals surface area contributed by atoms with Crippen molar-refractivity contribution >= 4 is 0 Å². The Morgan fingerprint density at radius 3 is 1.26 bits per heavy atom. The van der Waals surface area contributed by atoms with Crippen LogP contribution in [0, 0.1) is 0 Å². The summed E-state index contributed by atoms with van der Waals surface area (Å²) in [6.45, 7) is 12.7. The highest BCUT2D eigenvalue weighted by atomic mass is 16.6. The number of aliphatic hydroxyl groups is 2. The van der Waals surface area contributed by atoms with Gasteiger partial charge in [-0.25, -0.2) is 0 Å². The van der Waals surface area contributed by atoms with Crippen molar-refractivity contribution in [3.63, 3.8) is 0 Å². The van der Waals surface area contributed by atoms with E-state index in [-0.39, 0.29) is 0 Å². The van der Waals surface area contributed by atoms with Gasteiger partial charge in [0.2, 0.25) is 0 Å². The zero-order chi connectivity index (χ0) is 25.8. The molecule has 0 aromatic rings. The Balaban J connectivity index is 3.79. The molecule has 0 saturated heterocycles. The Labute approximate surface area is 218 Å². The summed E-state index contributed by atoms with van der Waals surface area (Å²) in [6, 6.07) is 0. The van der Waals surface area contributed by atoms with Gasteiger partial charge >= 0.3 is 0 Å². The van der Waals surface area contributed by atoms with Crippen molar-refractivity contribution in [3.8, 4) is 0 Å². The summed E-state index contributed by atoms with van der Waals surface area (Å²) in [5.41, 5.74) is 0. The van der Waals surface area contributed by atoms with Gasteiger partial charge in [-0.15, -0.1) is 13.2 Å². The fourth-order valence-corrected chi connectivity index (χ4v) is 4.33. The fourth-order valence-electron chi connectivity index (χ4n) is 4.33. The average molecular weight is 498 g/mol. The molecule has 0 rings (SSSR count). The topological polar surface area (TPSA) is 62.2 Å². The van der Waals surface area contributed by atoms with E-state index >= 15 is 0 Å². The summed E-state index contributed by atoms with van der Waals surface area (Å²) in [7, 11) is 0. The molecule has 5 nitrogen and oxygen atoms in total. The third-order valence-corrected chi connectivity index (χ3v) is 6.53. The second-order valence-corrected chi connectivity index (χ2v) is 9.88. The maximum atomic E-state index is 9.95. The molecule has 0 spiro atoms. The van der Waals surface area contributed by atoms with Crippen molar-refractivity contribution in [2.75, 3.05) is 32.8 Å². The lowest BCUT2D eigenvalue weighted by Gasteiger charge is -2.24. The second kappa shape index (κ2) is 27.9. The number of aliphatic hydroxyl groups excluding tert-OH is 2. The van der Waals surface area contributed by atoms with Crippen LogP contribution in [0.4, 0.5) is 0 Å². The van der Waals surface area contributed by atoms with Crippen molar-refractivity contribution in [2.24, 2.45) is 0 Å². The van der Waals surface area contributed by atoms with Crippen molar-refractivity contribution < 1.29 is 19.7 Å². The molecule has 0 heterocycles. The summed E-state index contributed by atoms with van der Waals surface area (Å²) < 4.78 is 10.6. The Hall–Kier alpha value is -0.720. The van der Waals surface area contributed by atoms with E-state index in [0.29, 0.717) is 26.1 Å². The Morgan fingerprint density at radius 2 is 0.914 bits per heavy atom. The van der Waals surface area contributed by atoms with Crippen LogP contribution in [0.5, 0.6) is 0 Å². The van der Waals surface area contributed by atoms with Crippen LogP contribution >= 0.6 is 0 Å². The van der Waals surface area contributed by atoms with E-state index in [0.717, 1.165) is 26.1 Å². The average Bonchev–Trinajstić information content (AvgIpc) is 2.86. The molecule has 0 bridgehead atoms. The predicted molar refractivity (Wildman–Crippen MR) is 150 cm³/mol. The first kappa shape index (κ1) is 34.3. The molecular weight excluding hydrogens is 438 g/mol. The van der Waals surface area contributed by atoms with Gasteiger partial charge in [0.15, 0.2) is 12.6 Å². The molecule has 0 aliphatic heterocycles. The van der Waals surface area contributed by atoms with Crippen LogP contribution < -0.4 is 0 Å². The Morgan fingerprint density at radius 1 is 0.571 bits per heavy atom.